The van der Waals surface area contributed by atoms with E-state index in [0.29, 0.717) is 18.9 Å². The van der Waals surface area contributed by atoms with E-state index in [9.17, 15) is 4.79 Å². The Labute approximate surface area is 166 Å². The van der Waals surface area contributed by atoms with Crippen LogP contribution in [0.15, 0.2) is 53.5 Å². The number of ether oxygens (including phenoxy) is 1. The second kappa shape index (κ2) is 9.26. The molecular weight excluding hydrogens is 352 g/mol. The van der Waals surface area contributed by atoms with Crippen LogP contribution in [-0.2, 0) is 11.3 Å². The number of aliphatic imine (C=N–C) groups is 1. The van der Waals surface area contributed by atoms with Crippen molar-refractivity contribution in [3.63, 3.8) is 0 Å². The maximum absolute atomic E-state index is 11.8. The summed E-state index contributed by atoms with van der Waals surface area (Å²) in [5.41, 5.74) is 3.03. The third-order valence-corrected chi connectivity index (χ3v) is 4.49. The molecule has 0 saturated carbocycles. The molecule has 6 nitrogen and oxygen atoms in total. The Hall–Kier alpha value is -3.02. The van der Waals surface area contributed by atoms with Crippen molar-refractivity contribution in [1.29, 1.82) is 0 Å². The molecular formula is C22H28N4O2. The fraction of sp³-hybridized carbons (Fsp3) is 0.364. The topological polar surface area (TPSA) is 66.0 Å². The van der Waals surface area contributed by atoms with Gasteiger partial charge in [-0.15, -0.1) is 0 Å². The highest BCUT2D eigenvalue weighted by Crippen LogP contribution is 2.21. The minimum atomic E-state index is 0.156. The molecule has 6 heteroatoms. The first-order chi connectivity index (χ1) is 13.5. The van der Waals surface area contributed by atoms with Crippen LogP contribution in [0, 0.1) is 0 Å². The normalized spacial score (nSPS) is 14.5. The van der Waals surface area contributed by atoms with Crippen molar-refractivity contribution < 1.29 is 9.53 Å². The van der Waals surface area contributed by atoms with Gasteiger partial charge >= 0.3 is 0 Å². The molecule has 1 aliphatic rings. The maximum Gasteiger partial charge on any atom is 0.227 e. The number of benzene rings is 2. The van der Waals surface area contributed by atoms with E-state index in [0.717, 1.165) is 35.7 Å². The minimum absolute atomic E-state index is 0.156. The van der Waals surface area contributed by atoms with E-state index < -0.39 is 0 Å². The Bertz CT molecular complexity index is 813. The lowest BCUT2D eigenvalue weighted by molar-refractivity contribution is -0.117. The summed E-state index contributed by atoms with van der Waals surface area (Å²) in [4.78, 5) is 18.0. The van der Waals surface area contributed by atoms with Gasteiger partial charge in [-0.2, -0.15) is 0 Å². The lowest BCUT2D eigenvalue weighted by atomic mass is 10.2. The van der Waals surface area contributed by atoms with Crippen molar-refractivity contribution >= 4 is 23.2 Å². The Balaban J connectivity index is 1.53. The van der Waals surface area contributed by atoms with Crippen molar-refractivity contribution in [2.45, 2.75) is 39.3 Å². The Morgan fingerprint density at radius 3 is 2.43 bits per heavy atom. The Kier molecular flexibility index (Phi) is 6.53. The summed E-state index contributed by atoms with van der Waals surface area (Å²) >= 11 is 0. The first-order valence-corrected chi connectivity index (χ1v) is 9.69. The number of rotatable bonds is 6. The predicted octanol–water partition coefficient (Wildman–Crippen LogP) is 3.79. The number of carbonyl (C=O) groups excluding carboxylic acids is 1. The van der Waals surface area contributed by atoms with Gasteiger partial charge in [0, 0.05) is 37.9 Å². The molecule has 2 aromatic rings. The van der Waals surface area contributed by atoms with E-state index in [1.807, 2.05) is 67.3 Å². The van der Waals surface area contributed by atoms with E-state index in [-0.39, 0.29) is 12.0 Å². The van der Waals surface area contributed by atoms with E-state index >= 15 is 0 Å². The van der Waals surface area contributed by atoms with E-state index in [1.165, 1.54) is 0 Å². The highest BCUT2D eigenvalue weighted by Gasteiger charge is 2.21. The zero-order chi connectivity index (χ0) is 19.9. The van der Waals surface area contributed by atoms with Crippen molar-refractivity contribution in [3.8, 4) is 5.75 Å². The number of guanidine groups is 1. The number of anilines is 2. The molecule has 0 spiro atoms. The number of amides is 1. The molecule has 0 aromatic heterocycles. The quantitative estimate of drug-likeness (QED) is 0.591. The first-order valence-electron chi connectivity index (χ1n) is 9.69. The molecule has 0 unspecified atom stereocenters. The summed E-state index contributed by atoms with van der Waals surface area (Å²) in [7, 11) is 1.74. The number of carbonyl (C=O) groups is 1. The zero-order valence-corrected chi connectivity index (χ0v) is 16.7. The summed E-state index contributed by atoms with van der Waals surface area (Å²) in [5, 5.41) is 6.58. The lowest BCUT2D eigenvalue weighted by Gasteiger charge is -2.16. The fourth-order valence-electron chi connectivity index (χ4n) is 3.11. The largest absolute Gasteiger partial charge is 0.491 e. The molecule has 28 heavy (non-hydrogen) atoms. The molecule has 0 radical (unpaired) electrons. The summed E-state index contributed by atoms with van der Waals surface area (Å²) < 4.78 is 5.66. The van der Waals surface area contributed by atoms with E-state index in [1.54, 1.807) is 7.05 Å². The van der Waals surface area contributed by atoms with Crippen LogP contribution >= 0.6 is 0 Å². The van der Waals surface area contributed by atoms with Crippen molar-refractivity contribution in [2.24, 2.45) is 4.99 Å². The minimum Gasteiger partial charge on any atom is -0.491 e. The van der Waals surface area contributed by atoms with Crippen LogP contribution in [-0.4, -0.2) is 31.6 Å². The summed E-state index contributed by atoms with van der Waals surface area (Å²) in [6.07, 6.45) is 1.74. The standard InChI is InChI=1S/C22H28N4O2/c1-16(2)28-20-12-8-18(9-13-20)25-22(23-3)24-15-17-6-10-19(11-7-17)26-14-4-5-21(26)27/h6-13,16H,4-5,14-15H2,1-3H3,(H2,23,24,25). The summed E-state index contributed by atoms with van der Waals surface area (Å²) in [6, 6.07) is 15.9. The van der Waals surface area contributed by atoms with Gasteiger partial charge in [0.1, 0.15) is 5.75 Å². The number of nitrogens with one attached hydrogen (secondary N) is 2. The molecule has 1 fully saturated rings. The molecule has 0 bridgehead atoms. The second-order valence-electron chi connectivity index (χ2n) is 7.06. The van der Waals surface area contributed by atoms with Gasteiger partial charge in [0.25, 0.3) is 0 Å². The lowest BCUT2D eigenvalue weighted by Crippen LogP contribution is -2.30. The van der Waals surface area contributed by atoms with Crippen LogP contribution in [0.1, 0.15) is 32.3 Å². The van der Waals surface area contributed by atoms with Crippen molar-refractivity contribution in [2.75, 3.05) is 23.8 Å². The Morgan fingerprint density at radius 1 is 1.14 bits per heavy atom. The van der Waals surface area contributed by atoms with Crippen LogP contribution in [0.4, 0.5) is 11.4 Å². The SMILES string of the molecule is CN=C(NCc1ccc(N2CCCC2=O)cc1)Nc1ccc(OC(C)C)cc1. The third kappa shape index (κ3) is 5.25. The molecule has 1 heterocycles. The van der Waals surface area contributed by atoms with Gasteiger partial charge in [0.15, 0.2) is 5.96 Å². The molecule has 2 N–H and O–H groups in total. The second-order valence-corrected chi connectivity index (χ2v) is 7.06. The van der Waals surface area contributed by atoms with Gasteiger partial charge < -0.3 is 20.3 Å². The monoisotopic (exact) mass is 380 g/mol. The van der Waals surface area contributed by atoms with Crippen LogP contribution < -0.4 is 20.3 Å². The number of nitrogens with zero attached hydrogens (tertiary/aromatic N) is 2. The number of hydrogen-bond donors (Lipinski definition) is 2. The zero-order valence-electron chi connectivity index (χ0n) is 16.7. The van der Waals surface area contributed by atoms with Crippen molar-refractivity contribution in [3.05, 3.63) is 54.1 Å². The summed E-state index contributed by atoms with van der Waals surface area (Å²) in [5.74, 6) is 1.75. The molecule has 148 valence electrons. The van der Waals surface area contributed by atoms with Gasteiger partial charge in [-0.1, -0.05) is 12.1 Å². The molecule has 3 rings (SSSR count). The van der Waals surface area contributed by atoms with Crippen LogP contribution in [0.5, 0.6) is 5.75 Å². The molecule has 1 saturated heterocycles. The van der Waals surface area contributed by atoms with Crippen LogP contribution in [0.25, 0.3) is 0 Å². The van der Waals surface area contributed by atoms with Gasteiger partial charge in [0.05, 0.1) is 6.10 Å². The van der Waals surface area contributed by atoms with Gasteiger partial charge in [-0.05, 0) is 62.2 Å². The van der Waals surface area contributed by atoms with E-state index in [4.69, 9.17) is 4.74 Å². The highest BCUT2D eigenvalue weighted by atomic mass is 16.5. The smallest absolute Gasteiger partial charge is 0.227 e. The average Bonchev–Trinajstić information content (AvgIpc) is 3.12. The van der Waals surface area contributed by atoms with Crippen LogP contribution in [0.2, 0.25) is 0 Å². The maximum atomic E-state index is 11.8. The molecule has 2 aromatic carbocycles. The first kappa shape index (κ1) is 19.7. The molecule has 0 aliphatic carbocycles. The summed E-state index contributed by atoms with van der Waals surface area (Å²) in [6.45, 7) is 5.47. The average molecular weight is 380 g/mol. The van der Waals surface area contributed by atoms with Gasteiger partial charge in [0.2, 0.25) is 5.91 Å². The number of hydrogen-bond acceptors (Lipinski definition) is 3. The third-order valence-electron chi connectivity index (χ3n) is 4.49. The van der Waals surface area contributed by atoms with Gasteiger partial charge in [-0.3, -0.25) is 9.79 Å². The van der Waals surface area contributed by atoms with Crippen molar-refractivity contribution in [1.82, 2.24) is 5.32 Å². The van der Waals surface area contributed by atoms with Gasteiger partial charge in [-0.25, -0.2) is 0 Å². The Morgan fingerprint density at radius 2 is 1.86 bits per heavy atom. The van der Waals surface area contributed by atoms with E-state index in [2.05, 4.69) is 15.6 Å². The molecule has 0 atom stereocenters. The molecule has 1 amide bonds. The van der Waals surface area contributed by atoms with Crippen LogP contribution in [0.3, 0.4) is 0 Å². The predicted molar refractivity (Wildman–Crippen MR) is 114 cm³/mol. The fourth-order valence-corrected chi connectivity index (χ4v) is 3.11. The highest BCUT2D eigenvalue weighted by molar-refractivity contribution is 5.95. The molecule has 1 aliphatic heterocycles.